The van der Waals surface area contributed by atoms with Gasteiger partial charge in [-0.05, 0) is 62.6 Å². The van der Waals surface area contributed by atoms with E-state index in [0.29, 0.717) is 0 Å². The molecular formula is C10H8BrIO2. The van der Waals surface area contributed by atoms with Gasteiger partial charge in [0.2, 0.25) is 0 Å². The lowest BCUT2D eigenvalue weighted by atomic mass is 10.1. The Bertz CT molecular complexity index is 399. The van der Waals surface area contributed by atoms with Crippen molar-refractivity contribution in [1.29, 1.82) is 0 Å². The van der Waals surface area contributed by atoms with Crippen LogP contribution in [0.2, 0.25) is 0 Å². The number of hydrogen-bond donors (Lipinski definition) is 1. The zero-order valence-electron chi connectivity index (χ0n) is 7.42. The van der Waals surface area contributed by atoms with Crippen molar-refractivity contribution in [1.82, 2.24) is 0 Å². The van der Waals surface area contributed by atoms with Gasteiger partial charge in [-0.25, -0.2) is 4.79 Å². The third kappa shape index (κ3) is 2.81. The van der Waals surface area contributed by atoms with Crippen molar-refractivity contribution in [2.75, 3.05) is 0 Å². The van der Waals surface area contributed by atoms with E-state index >= 15 is 0 Å². The van der Waals surface area contributed by atoms with E-state index < -0.39 is 5.97 Å². The Morgan fingerprint density at radius 1 is 1.57 bits per heavy atom. The first-order valence-corrected chi connectivity index (χ1v) is 5.75. The fourth-order valence-corrected chi connectivity index (χ4v) is 2.10. The Kier molecular flexibility index (Phi) is 4.12. The van der Waals surface area contributed by atoms with Crippen LogP contribution < -0.4 is 0 Å². The molecule has 2 nitrogen and oxygen atoms in total. The van der Waals surface area contributed by atoms with Crippen LogP contribution in [0.4, 0.5) is 0 Å². The molecule has 0 heterocycles. The molecule has 0 atom stereocenters. The monoisotopic (exact) mass is 366 g/mol. The van der Waals surface area contributed by atoms with Gasteiger partial charge in [0, 0.05) is 14.1 Å². The van der Waals surface area contributed by atoms with Gasteiger partial charge in [-0.3, -0.25) is 0 Å². The minimum absolute atomic E-state index is 0.908. The number of carboxylic acid groups (broad SMARTS) is 1. The second-order valence-electron chi connectivity index (χ2n) is 2.77. The van der Waals surface area contributed by atoms with Crippen molar-refractivity contribution in [3.05, 3.63) is 37.4 Å². The van der Waals surface area contributed by atoms with Crippen molar-refractivity contribution < 1.29 is 9.90 Å². The largest absolute Gasteiger partial charge is 0.478 e. The van der Waals surface area contributed by atoms with Crippen molar-refractivity contribution in [3.8, 4) is 0 Å². The van der Waals surface area contributed by atoms with Gasteiger partial charge in [-0.2, -0.15) is 0 Å². The average Bonchev–Trinajstić information content (AvgIpc) is 2.13. The van der Waals surface area contributed by atoms with E-state index in [4.69, 9.17) is 5.11 Å². The first kappa shape index (κ1) is 11.7. The molecule has 0 aliphatic rings. The van der Waals surface area contributed by atoms with Gasteiger partial charge >= 0.3 is 5.97 Å². The van der Waals surface area contributed by atoms with Crippen LogP contribution in [0, 0.1) is 10.5 Å². The third-order valence-corrected chi connectivity index (χ3v) is 4.64. The summed E-state index contributed by atoms with van der Waals surface area (Å²) in [6.45, 7) is 2.00. The van der Waals surface area contributed by atoms with Gasteiger partial charge in [-0.1, -0.05) is 12.1 Å². The highest BCUT2D eigenvalue weighted by atomic mass is 127. The zero-order valence-corrected chi connectivity index (χ0v) is 11.2. The number of aliphatic carboxylic acids is 1. The minimum atomic E-state index is -0.933. The Morgan fingerprint density at radius 2 is 2.21 bits per heavy atom. The van der Waals surface area contributed by atoms with Crippen LogP contribution in [-0.4, -0.2) is 11.1 Å². The summed E-state index contributed by atoms with van der Waals surface area (Å²) in [7, 11) is 0. The van der Waals surface area contributed by atoms with Gasteiger partial charge in [-0.15, -0.1) is 0 Å². The standard InChI is InChI=1S/C10H8BrIO2/c1-6-2-3-7(4-5-8(13)14)10(12)9(6)11/h2-5H,1H3,(H,13,14)/b5-4+. The second kappa shape index (κ2) is 4.93. The molecular weight excluding hydrogens is 359 g/mol. The molecule has 0 saturated heterocycles. The number of benzene rings is 1. The Balaban J connectivity index is 3.12. The topological polar surface area (TPSA) is 37.3 Å². The summed E-state index contributed by atoms with van der Waals surface area (Å²) >= 11 is 5.63. The van der Waals surface area contributed by atoms with Crippen LogP contribution in [0.1, 0.15) is 11.1 Å². The number of halogens is 2. The van der Waals surface area contributed by atoms with E-state index in [1.165, 1.54) is 0 Å². The molecule has 0 aliphatic carbocycles. The summed E-state index contributed by atoms with van der Waals surface area (Å²) in [5.74, 6) is -0.933. The second-order valence-corrected chi connectivity index (χ2v) is 4.64. The van der Waals surface area contributed by atoms with E-state index in [0.717, 1.165) is 25.2 Å². The van der Waals surface area contributed by atoms with Crippen LogP contribution in [0.3, 0.4) is 0 Å². The number of rotatable bonds is 2. The van der Waals surface area contributed by atoms with Crippen LogP contribution in [0.15, 0.2) is 22.7 Å². The Labute approximate surface area is 104 Å². The summed E-state index contributed by atoms with van der Waals surface area (Å²) in [5.41, 5.74) is 2.05. The highest BCUT2D eigenvalue weighted by Gasteiger charge is 2.03. The summed E-state index contributed by atoms with van der Waals surface area (Å²) in [6.07, 6.45) is 2.73. The summed E-state index contributed by atoms with van der Waals surface area (Å²) in [4.78, 5) is 10.3. The molecule has 74 valence electrons. The lowest BCUT2D eigenvalue weighted by Crippen LogP contribution is -1.89. The Hall–Kier alpha value is -0.360. The van der Waals surface area contributed by atoms with Crippen LogP contribution in [0.25, 0.3) is 6.08 Å². The van der Waals surface area contributed by atoms with E-state index in [-0.39, 0.29) is 0 Å². The summed E-state index contributed by atoms with van der Waals surface area (Å²) < 4.78 is 2.05. The van der Waals surface area contributed by atoms with Gasteiger partial charge < -0.3 is 5.11 Å². The van der Waals surface area contributed by atoms with Crippen LogP contribution in [-0.2, 0) is 4.79 Å². The van der Waals surface area contributed by atoms with Crippen molar-refractivity contribution >= 4 is 50.6 Å². The van der Waals surface area contributed by atoms with E-state index in [9.17, 15) is 4.79 Å². The third-order valence-electron chi connectivity index (χ3n) is 1.71. The number of carboxylic acids is 1. The van der Waals surface area contributed by atoms with E-state index in [1.54, 1.807) is 6.08 Å². The molecule has 1 rings (SSSR count). The number of aryl methyl sites for hydroxylation is 1. The van der Waals surface area contributed by atoms with Gasteiger partial charge in [0.05, 0.1) is 0 Å². The molecule has 0 aliphatic heterocycles. The zero-order chi connectivity index (χ0) is 10.7. The highest BCUT2D eigenvalue weighted by Crippen LogP contribution is 2.26. The lowest BCUT2D eigenvalue weighted by Gasteiger charge is -2.04. The molecule has 1 aromatic rings. The molecule has 1 aromatic carbocycles. The fourth-order valence-electron chi connectivity index (χ4n) is 0.951. The molecule has 1 N–H and O–H groups in total. The minimum Gasteiger partial charge on any atom is -0.478 e. The van der Waals surface area contributed by atoms with Gasteiger partial charge in [0.15, 0.2) is 0 Å². The van der Waals surface area contributed by atoms with Gasteiger partial charge in [0.25, 0.3) is 0 Å². The lowest BCUT2D eigenvalue weighted by molar-refractivity contribution is -0.131. The summed E-state index contributed by atoms with van der Waals surface area (Å²) in [5, 5.41) is 8.49. The van der Waals surface area contributed by atoms with Crippen LogP contribution >= 0.6 is 38.5 Å². The quantitative estimate of drug-likeness (QED) is 0.642. The number of carbonyl (C=O) groups is 1. The molecule has 0 saturated carbocycles. The van der Waals surface area contributed by atoms with E-state index in [2.05, 4.69) is 38.5 Å². The SMILES string of the molecule is Cc1ccc(/C=C/C(=O)O)c(I)c1Br. The molecule has 0 bridgehead atoms. The normalized spacial score (nSPS) is 10.8. The predicted octanol–water partition coefficient (Wildman–Crippen LogP) is 3.46. The van der Waals surface area contributed by atoms with E-state index in [1.807, 2.05) is 19.1 Å². The predicted molar refractivity (Wildman–Crippen MR) is 68.3 cm³/mol. The maximum Gasteiger partial charge on any atom is 0.328 e. The molecule has 0 unspecified atom stereocenters. The molecule has 0 spiro atoms. The maximum atomic E-state index is 10.3. The molecule has 0 radical (unpaired) electrons. The molecule has 0 amide bonds. The van der Waals surface area contributed by atoms with Crippen molar-refractivity contribution in [3.63, 3.8) is 0 Å². The number of hydrogen-bond acceptors (Lipinski definition) is 1. The summed E-state index contributed by atoms with van der Waals surface area (Å²) in [6, 6.07) is 3.86. The maximum absolute atomic E-state index is 10.3. The molecule has 4 heteroatoms. The average molecular weight is 367 g/mol. The van der Waals surface area contributed by atoms with Crippen LogP contribution in [0.5, 0.6) is 0 Å². The first-order chi connectivity index (χ1) is 6.52. The fraction of sp³-hybridized carbons (Fsp3) is 0.100. The first-order valence-electron chi connectivity index (χ1n) is 3.88. The smallest absolute Gasteiger partial charge is 0.328 e. The van der Waals surface area contributed by atoms with Gasteiger partial charge in [0.1, 0.15) is 0 Å². The van der Waals surface area contributed by atoms with Crippen molar-refractivity contribution in [2.45, 2.75) is 6.92 Å². The molecule has 14 heavy (non-hydrogen) atoms. The molecule has 0 aromatic heterocycles. The Morgan fingerprint density at radius 3 is 2.79 bits per heavy atom. The van der Waals surface area contributed by atoms with Crippen molar-refractivity contribution in [2.24, 2.45) is 0 Å². The molecule has 0 fully saturated rings. The highest BCUT2D eigenvalue weighted by molar-refractivity contribution is 14.1.